The number of methoxy groups -OCH3 is 2. The lowest BCUT2D eigenvalue weighted by atomic mass is 9.94. The number of piperidine rings is 1. The topological polar surface area (TPSA) is 175 Å². The number of rotatable bonds is 10. The van der Waals surface area contributed by atoms with Gasteiger partial charge in [-0.15, -0.1) is 0 Å². The molecule has 5 aromatic carbocycles. The molecule has 6 atom stereocenters. The third kappa shape index (κ3) is 7.67. The molecule has 68 heavy (non-hydrogen) atoms. The van der Waals surface area contributed by atoms with Crippen LogP contribution in [0.5, 0.6) is 0 Å². The Morgan fingerprint density at radius 2 is 1.29 bits per heavy atom. The van der Waals surface area contributed by atoms with Crippen molar-refractivity contribution in [3.05, 3.63) is 108 Å². The van der Waals surface area contributed by atoms with E-state index in [1.807, 2.05) is 35.8 Å². The van der Waals surface area contributed by atoms with Crippen LogP contribution in [-0.2, 0) is 19.1 Å². The standard InChI is InChI=1S/C54H58N8O6/c1-29(2)44(59-53(65)67-3)51(63)61-25-7-10-43(61)49-55-41-23-18-35-26-33(16-21-39(35)46(41)57-49)34-17-22-40-36(27-34)19-24-42-47(40)58-50(56-42)48-37-15-20-38(28-37)62(48)52(64)45(60-54(66)68-4)32-13-11-31(12-14-32)30-8-5-6-9-30/h11-14,16-19,21-24,26-27,29-30,37-38,43-45,48H,5-10,15,20,25,28H2,1-4H3,(H,55,57)(H,56,58)(H,59,65)(H,60,66)/t37-,38+,43+,44+,45-,48+/m1/s1. The number of carbonyl (C=O) groups is 4. The number of nitrogens with zero attached hydrogens (tertiary/aromatic N) is 4. The van der Waals surface area contributed by atoms with Gasteiger partial charge in [0.05, 0.1) is 48.4 Å². The van der Waals surface area contributed by atoms with Gasteiger partial charge in [-0.25, -0.2) is 19.6 Å². The number of aromatic nitrogens is 4. The second kappa shape index (κ2) is 17.6. The number of carbonyl (C=O) groups excluding carboxylic acids is 4. The van der Waals surface area contributed by atoms with Crippen molar-refractivity contribution >= 4 is 67.6 Å². The van der Waals surface area contributed by atoms with E-state index in [9.17, 15) is 19.2 Å². The Balaban J connectivity index is 0.858. The first-order valence-corrected chi connectivity index (χ1v) is 24.3. The first kappa shape index (κ1) is 43.6. The Bertz CT molecular complexity index is 3100. The smallest absolute Gasteiger partial charge is 0.407 e. The molecule has 4 aliphatic rings. The number of likely N-dealkylation sites (tertiary alicyclic amines) is 2. The lowest BCUT2D eigenvalue weighted by Crippen LogP contribution is -2.51. The van der Waals surface area contributed by atoms with Crippen molar-refractivity contribution in [1.29, 1.82) is 0 Å². The van der Waals surface area contributed by atoms with Crippen molar-refractivity contribution in [2.24, 2.45) is 11.8 Å². The fraction of sp³-hybridized carbons (Fsp3) is 0.407. The van der Waals surface area contributed by atoms with Crippen molar-refractivity contribution < 1.29 is 28.7 Å². The highest BCUT2D eigenvalue weighted by Gasteiger charge is 2.51. The van der Waals surface area contributed by atoms with Crippen LogP contribution in [0.1, 0.15) is 118 Å². The molecular weight excluding hydrogens is 857 g/mol. The average molecular weight is 915 g/mol. The SMILES string of the molecule is COC(=O)N[C@H](C(=O)N1CCC[C@H]1c1nc2c(ccc3cc(-c4ccc5c(ccc6[nH]c([C@@H]7[C@@H]8CC[C@@H](C8)N7C(=O)[C@H](NC(=O)OC)c7ccc(C8CCCC8)cc7)nc65)c4)ccc32)[nH]1)C(C)C. The molecule has 2 saturated heterocycles. The van der Waals surface area contributed by atoms with Crippen molar-refractivity contribution in [2.75, 3.05) is 20.8 Å². The van der Waals surface area contributed by atoms with Gasteiger partial charge in [0.2, 0.25) is 5.91 Å². The number of amides is 4. The monoisotopic (exact) mass is 914 g/mol. The number of aromatic amines is 2. The van der Waals surface area contributed by atoms with Gasteiger partial charge in [-0.1, -0.05) is 87.4 Å². The maximum absolute atomic E-state index is 14.8. The molecule has 11 rings (SSSR count). The number of ether oxygens (including phenoxy) is 2. The quantitative estimate of drug-likeness (QED) is 0.105. The molecule has 2 aliphatic heterocycles. The molecule has 2 saturated carbocycles. The Kier molecular flexibility index (Phi) is 11.3. The molecule has 4 fully saturated rings. The zero-order chi connectivity index (χ0) is 46.8. The lowest BCUT2D eigenvalue weighted by Gasteiger charge is -2.36. The summed E-state index contributed by atoms with van der Waals surface area (Å²) < 4.78 is 9.84. The molecule has 0 radical (unpaired) electrons. The molecule has 4 heterocycles. The van der Waals surface area contributed by atoms with Gasteiger partial charge in [-0.3, -0.25) is 9.59 Å². The van der Waals surface area contributed by atoms with Crippen molar-refractivity contribution in [3.8, 4) is 11.1 Å². The number of nitrogens with one attached hydrogen (secondary N) is 4. The summed E-state index contributed by atoms with van der Waals surface area (Å²) in [5.41, 5.74) is 7.72. The van der Waals surface area contributed by atoms with E-state index in [1.54, 1.807) is 0 Å². The second-order valence-electron chi connectivity index (χ2n) is 19.7. The van der Waals surface area contributed by atoms with Gasteiger partial charge in [-0.05, 0) is 120 Å². The number of H-pyrrole nitrogens is 2. The van der Waals surface area contributed by atoms with Crippen LogP contribution in [0.4, 0.5) is 9.59 Å². The minimum absolute atomic E-state index is 0.0621. The second-order valence-corrected chi connectivity index (χ2v) is 19.7. The van der Waals surface area contributed by atoms with Crippen molar-refractivity contribution in [1.82, 2.24) is 40.4 Å². The number of fused-ring (bicyclic) bond motifs is 8. The van der Waals surface area contributed by atoms with E-state index in [4.69, 9.17) is 19.4 Å². The number of alkyl carbamates (subject to hydrolysis) is 2. The average Bonchev–Trinajstić information content (AvgIpc) is 4.24. The van der Waals surface area contributed by atoms with E-state index in [1.165, 1.54) is 45.5 Å². The summed E-state index contributed by atoms with van der Waals surface area (Å²) >= 11 is 0. The van der Waals surface area contributed by atoms with Crippen LogP contribution in [0.2, 0.25) is 0 Å². The van der Waals surface area contributed by atoms with Gasteiger partial charge in [0.15, 0.2) is 0 Å². The predicted octanol–water partition coefficient (Wildman–Crippen LogP) is 10.3. The summed E-state index contributed by atoms with van der Waals surface area (Å²) in [6.07, 6.45) is 8.05. The van der Waals surface area contributed by atoms with Gasteiger partial charge in [-0.2, -0.15) is 0 Å². The molecule has 2 bridgehead atoms. The fourth-order valence-electron chi connectivity index (χ4n) is 12.0. The van der Waals surface area contributed by atoms with E-state index in [0.717, 1.165) is 104 Å². The number of hydrogen-bond acceptors (Lipinski definition) is 8. The lowest BCUT2D eigenvalue weighted by molar-refractivity contribution is -0.138. The summed E-state index contributed by atoms with van der Waals surface area (Å²) in [7, 11) is 2.63. The fourth-order valence-corrected chi connectivity index (χ4v) is 12.0. The molecule has 350 valence electrons. The van der Waals surface area contributed by atoms with Gasteiger partial charge in [0.1, 0.15) is 23.7 Å². The number of benzene rings is 5. The molecular formula is C54H58N8O6. The summed E-state index contributed by atoms with van der Waals surface area (Å²) in [6.45, 7) is 4.41. The van der Waals surface area contributed by atoms with Crippen LogP contribution in [-0.4, -0.2) is 86.6 Å². The van der Waals surface area contributed by atoms with Crippen LogP contribution >= 0.6 is 0 Å². The molecule has 0 unspecified atom stereocenters. The molecule has 14 nitrogen and oxygen atoms in total. The Labute approximate surface area is 394 Å². The molecule has 14 heteroatoms. The highest BCUT2D eigenvalue weighted by atomic mass is 16.5. The first-order valence-electron chi connectivity index (χ1n) is 24.3. The van der Waals surface area contributed by atoms with E-state index in [-0.39, 0.29) is 41.8 Å². The zero-order valence-corrected chi connectivity index (χ0v) is 39.0. The Hall–Kier alpha value is -6.96. The highest BCUT2D eigenvalue weighted by molar-refractivity contribution is 6.07. The van der Waals surface area contributed by atoms with Crippen molar-refractivity contribution in [3.63, 3.8) is 0 Å². The normalized spacial score (nSPS) is 21.4. The maximum atomic E-state index is 14.8. The maximum Gasteiger partial charge on any atom is 0.407 e. The van der Waals surface area contributed by atoms with Crippen LogP contribution in [0.15, 0.2) is 84.9 Å². The van der Waals surface area contributed by atoms with E-state index >= 15 is 0 Å². The number of imidazole rings is 2. The van der Waals surface area contributed by atoms with Gasteiger partial charge in [0.25, 0.3) is 5.91 Å². The molecule has 0 spiro atoms. The van der Waals surface area contributed by atoms with E-state index in [2.05, 4.69) is 93.4 Å². The Morgan fingerprint density at radius 1 is 0.676 bits per heavy atom. The van der Waals surface area contributed by atoms with E-state index in [0.29, 0.717) is 12.5 Å². The van der Waals surface area contributed by atoms with Crippen LogP contribution in [0, 0.1) is 11.8 Å². The predicted molar refractivity (Wildman–Crippen MR) is 261 cm³/mol. The largest absolute Gasteiger partial charge is 0.453 e. The van der Waals surface area contributed by atoms with E-state index < -0.39 is 24.3 Å². The Morgan fingerprint density at radius 3 is 1.93 bits per heavy atom. The van der Waals surface area contributed by atoms with Gasteiger partial charge >= 0.3 is 12.2 Å². The summed E-state index contributed by atoms with van der Waals surface area (Å²) in [5.74, 6) is 1.92. The molecule has 7 aromatic rings. The summed E-state index contributed by atoms with van der Waals surface area (Å²) in [4.78, 5) is 74.8. The molecule has 2 aliphatic carbocycles. The molecule has 4 N–H and O–H groups in total. The van der Waals surface area contributed by atoms with Crippen LogP contribution in [0.3, 0.4) is 0 Å². The summed E-state index contributed by atoms with van der Waals surface area (Å²) in [6, 6.07) is 27.5. The third-order valence-electron chi connectivity index (χ3n) is 15.5. The minimum atomic E-state index is -0.884. The number of hydrogen-bond donors (Lipinski definition) is 4. The minimum Gasteiger partial charge on any atom is -0.453 e. The van der Waals surface area contributed by atoms with Crippen LogP contribution in [0.25, 0.3) is 54.7 Å². The van der Waals surface area contributed by atoms with Gasteiger partial charge < -0.3 is 39.9 Å². The highest BCUT2D eigenvalue weighted by Crippen LogP contribution is 2.51. The zero-order valence-electron chi connectivity index (χ0n) is 39.0. The van der Waals surface area contributed by atoms with Crippen molar-refractivity contribution in [2.45, 2.75) is 108 Å². The summed E-state index contributed by atoms with van der Waals surface area (Å²) in [5, 5.41) is 9.76. The van der Waals surface area contributed by atoms with Crippen LogP contribution < -0.4 is 10.6 Å². The molecule has 2 aromatic heterocycles. The van der Waals surface area contributed by atoms with Gasteiger partial charge in [0, 0.05) is 23.4 Å². The first-order chi connectivity index (χ1) is 33.1. The molecule has 4 amide bonds. The third-order valence-corrected chi connectivity index (χ3v) is 15.5.